The summed E-state index contributed by atoms with van der Waals surface area (Å²) in [4.78, 5) is 0. The van der Waals surface area contributed by atoms with Crippen molar-refractivity contribution in [3.8, 4) is 0 Å². The highest BCUT2D eigenvalue weighted by molar-refractivity contribution is 4.67. The Bertz CT molecular complexity index is 105. The van der Waals surface area contributed by atoms with Crippen molar-refractivity contribution in [3.63, 3.8) is 0 Å². The van der Waals surface area contributed by atoms with Crippen LogP contribution in [-0.2, 0) is 14.2 Å². The zero-order chi connectivity index (χ0) is 7.56. The van der Waals surface area contributed by atoms with Gasteiger partial charge in [0.25, 0.3) is 0 Å². The highest BCUT2D eigenvalue weighted by Gasteiger charge is 2.31. The lowest BCUT2D eigenvalue weighted by Gasteiger charge is -2.11. The van der Waals surface area contributed by atoms with Crippen molar-refractivity contribution in [1.29, 1.82) is 0 Å². The Labute approximate surface area is 61.3 Å². The summed E-state index contributed by atoms with van der Waals surface area (Å²) in [6, 6.07) is 0. The minimum atomic E-state index is -0.0788. The monoisotopic (exact) mass is 146 g/mol. The van der Waals surface area contributed by atoms with Gasteiger partial charge in [0.2, 0.25) is 0 Å². The number of methoxy groups -OCH3 is 2. The Morgan fingerprint density at radius 1 is 1.30 bits per heavy atom. The van der Waals surface area contributed by atoms with Crippen molar-refractivity contribution in [2.75, 3.05) is 14.2 Å². The van der Waals surface area contributed by atoms with Crippen molar-refractivity contribution >= 4 is 0 Å². The molecule has 0 bridgehead atoms. The predicted molar refractivity (Wildman–Crippen MR) is 36.5 cm³/mol. The smallest absolute Gasteiger partial charge is 0.163 e. The van der Waals surface area contributed by atoms with E-state index >= 15 is 0 Å². The molecule has 1 rings (SSSR count). The van der Waals surface area contributed by atoms with Gasteiger partial charge in [-0.3, -0.25) is 0 Å². The molecule has 3 atom stereocenters. The SMILES string of the molecule is COC1CC(C)C(OC)O1. The molecule has 0 aromatic heterocycles. The predicted octanol–water partition coefficient (Wildman–Crippen LogP) is 0.988. The van der Waals surface area contributed by atoms with Crippen LogP contribution in [0.5, 0.6) is 0 Å². The maximum absolute atomic E-state index is 5.33. The molecule has 3 nitrogen and oxygen atoms in total. The first-order valence-corrected chi connectivity index (χ1v) is 3.49. The molecule has 0 N–H and O–H groups in total. The number of hydrogen-bond donors (Lipinski definition) is 0. The van der Waals surface area contributed by atoms with E-state index in [1.807, 2.05) is 0 Å². The second-order valence-electron chi connectivity index (χ2n) is 2.62. The van der Waals surface area contributed by atoms with E-state index in [1.165, 1.54) is 0 Å². The van der Waals surface area contributed by atoms with Crippen molar-refractivity contribution in [2.24, 2.45) is 5.92 Å². The van der Waals surface area contributed by atoms with Crippen LogP contribution in [-0.4, -0.2) is 26.8 Å². The van der Waals surface area contributed by atoms with Crippen LogP contribution in [0.2, 0.25) is 0 Å². The summed E-state index contributed by atoms with van der Waals surface area (Å²) >= 11 is 0. The van der Waals surface area contributed by atoms with Crippen LogP contribution in [0.15, 0.2) is 0 Å². The molecule has 0 spiro atoms. The van der Waals surface area contributed by atoms with Gasteiger partial charge in [-0.05, 0) is 0 Å². The fourth-order valence-electron chi connectivity index (χ4n) is 1.19. The molecule has 0 aliphatic carbocycles. The molecule has 0 radical (unpaired) electrons. The molecule has 0 amide bonds. The summed E-state index contributed by atoms with van der Waals surface area (Å²) < 4.78 is 15.4. The van der Waals surface area contributed by atoms with E-state index in [4.69, 9.17) is 14.2 Å². The van der Waals surface area contributed by atoms with E-state index in [2.05, 4.69) is 6.92 Å². The quantitative estimate of drug-likeness (QED) is 0.581. The second-order valence-corrected chi connectivity index (χ2v) is 2.62. The number of hydrogen-bond acceptors (Lipinski definition) is 3. The molecule has 10 heavy (non-hydrogen) atoms. The fraction of sp³-hybridized carbons (Fsp3) is 1.00. The van der Waals surface area contributed by atoms with Crippen LogP contribution in [0, 0.1) is 5.92 Å². The Balaban J connectivity index is 2.36. The normalized spacial score (nSPS) is 40.5. The molecule has 3 unspecified atom stereocenters. The Morgan fingerprint density at radius 2 is 2.00 bits per heavy atom. The van der Waals surface area contributed by atoms with E-state index in [1.54, 1.807) is 14.2 Å². The molecule has 1 saturated heterocycles. The maximum atomic E-state index is 5.33. The van der Waals surface area contributed by atoms with E-state index in [9.17, 15) is 0 Å². The van der Waals surface area contributed by atoms with Gasteiger partial charge in [-0.1, -0.05) is 6.92 Å². The average Bonchev–Trinajstić information content (AvgIpc) is 2.30. The minimum Gasteiger partial charge on any atom is -0.356 e. The molecule has 0 aromatic rings. The lowest BCUT2D eigenvalue weighted by atomic mass is 10.1. The van der Waals surface area contributed by atoms with Crippen LogP contribution in [0.4, 0.5) is 0 Å². The molecule has 0 saturated carbocycles. The highest BCUT2D eigenvalue weighted by atomic mass is 16.8. The first kappa shape index (κ1) is 7.98. The third kappa shape index (κ3) is 1.48. The molecule has 60 valence electrons. The van der Waals surface area contributed by atoms with Crippen LogP contribution in [0.1, 0.15) is 13.3 Å². The molecular formula is C7H14O3. The third-order valence-corrected chi connectivity index (χ3v) is 1.81. The summed E-state index contributed by atoms with van der Waals surface area (Å²) in [6.07, 6.45) is 0.777. The minimum absolute atomic E-state index is 0.0695. The zero-order valence-electron chi connectivity index (χ0n) is 6.66. The van der Waals surface area contributed by atoms with Gasteiger partial charge < -0.3 is 14.2 Å². The van der Waals surface area contributed by atoms with Crippen LogP contribution >= 0.6 is 0 Å². The van der Waals surface area contributed by atoms with Crippen molar-refractivity contribution in [3.05, 3.63) is 0 Å². The van der Waals surface area contributed by atoms with E-state index in [0.717, 1.165) is 6.42 Å². The molecule has 1 aliphatic rings. The molecular weight excluding hydrogens is 132 g/mol. The van der Waals surface area contributed by atoms with E-state index in [-0.39, 0.29) is 12.6 Å². The zero-order valence-corrected chi connectivity index (χ0v) is 6.66. The molecule has 1 heterocycles. The summed E-state index contributed by atoms with van der Waals surface area (Å²) in [6.45, 7) is 2.09. The molecule has 1 fully saturated rings. The summed E-state index contributed by atoms with van der Waals surface area (Å²) in [7, 11) is 3.30. The Morgan fingerprint density at radius 3 is 2.30 bits per heavy atom. The lowest BCUT2D eigenvalue weighted by molar-refractivity contribution is -0.191. The average molecular weight is 146 g/mol. The van der Waals surface area contributed by atoms with Crippen molar-refractivity contribution < 1.29 is 14.2 Å². The van der Waals surface area contributed by atoms with Gasteiger partial charge in [-0.25, -0.2) is 0 Å². The van der Waals surface area contributed by atoms with Gasteiger partial charge in [0, 0.05) is 26.6 Å². The lowest BCUT2D eigenvalue weighted by Crippen LogP contribution is -2.16. The Kier molecular flexibility index (Phi) is 2.65. The van der Waals surface area contributed by atoms with Gasteiger partial charge in [-0.2, -0.15) is 0 Å². The summed E-state index contributed by atoms with van der Waals surface area (Å²) in [5.74, 6) is 0.440. The summed E-state index contributed by atoms with van der Waals surface area (Å²) in [5, 5.41) is 0. The van der Waals surface area contributed by atoms with Gasteiger partial charge in [0.05, 0.1) is 0 Å². The molecule has 1 aliphatic heterocycles. The van der Waals surface area contributed by atoms with Crippen molar-refractivity contribution in [2.45, 2.75) is 25.9 Å². The van der Waals surface area contributed by atoms with Gasteiger partial charge in [0.15, 0.2) is 12.6 Å². The molecule has 3 heteroatoms. The first-order chi connectivity index (χ1) is 4.77. The second kappa shape index (κ2) is 3.32. The van der Waals surface area contributed by atoms with Crippen LogP contribution in [0.3, 0.4) is 0 Å². The Hall–Kier alpha value is -0.120. The molecule has 0 aromatic carbocycles. The van der Waals surface area contributed by atoms with Gasteiger partial charge >= 0.3 is 0 Å². The van der Waals surface area contributed by atoms with E-state index in [0.29, 0.717) is 5.92 Å². The topological polar surface area (TPSA) is 27.7 Å². The largest absolute Gasteiger partial charge is 0.356 e. The first-order valence-electron chi connectivity index (χ1n) is 3.49. The summed E-state index contributed by atoms with van der Waals surface area (Å²) in [5.41, 5.74) is 0. The van der Waals surface area contributed by atoms with Crippen molar-refractivity contribution in [1.82, 2.24) is 0 Å². The third-order valence-electron chi connectivity index (χ3n) is 1.81. The van der Waals surface area contributed by atoms with Crippen LogP contribution in [0.25, 0.3) is 0 Å². The van der Waals surface area contributed by atoms with Gasteiger partial charge in [0.1, 0.15) is 0 Å². The van der Waals surface area contributed by atoms with Gasteiger partial charge in [-0.15, -0.1) is 0 Å². The van der Waals surface area contributed by atoms with E-state index < -0.39 is 0 Å². The standard InChI is InChI=1S/C7H14O3/c1-5-4-6(8-2)10-7(5)9-3/h5-7H,4H2,1-3H3. The number of ether oxygens (including phenoxy) is 3. The van der Waals surface area contributed by atoms with Crippen LogP contribution < -0.4 is 0 Å². The maximum Gasteiger partial charge on any atom is 0.163 e. The number of rotatable bonds is 2. The fourth-order valence-corrected chi connectivity index (χ4v) is 1.19. The highest BCUT2D eigenvalue weighted by Crippen LogP contribution is 2.26.